The van der Waals surface area contributed by atoms with Crippen molar-refractivity contribution in [3.63, 3.8) is 0 Å². The lowest BCUT2D eigenvalue weighted by Gasteiger charge is -2.28. The molecule has 0 aromatic heterocycles. The first kappa shape index (κ1) is 13.5. The fourth-order valence-electron chi connectivity index (χ4n) is 2.12. The van der Waals surface area contributed by atoms with E-state index >= 15 is 0 Å². The van der Waals surface area contributed by atoms with E-state index < -0.39 is 0 Å². The van der Waals surface area contributed by atoms with Crippen LogP contribution < -0.4 is 5.73 Å². The normalized spacial score (nSPS) is 17.6. The van der Waals surface area contributed by atoms with Gasteiger partial charge in [-0.2, -0.15) is 0 Å². The number of carbonyl (C=O) groups is 1. The van der Waals surface area contributed by atoms with Crippen LogP contribution in [0.25, 0.3) is 0 Å². The Kier molecular flexibility index (Phi) is 5.26. The summed E-state index contributed by atoms with van der Waals surface area (Å²) in [5.41, 5.74) is 5.70. The first-order valence-electron chi connectivity index (χ1n) is 6.60. The largest absolute Gasteiger partial charge is 0.339 e. The molecular formula is C13H26N2O. The van der Waals surface area contributed by atoms with Gasteiger partial charge in [-0.25, -0.2) is 0 Å². The molecule has 1 rings (SSSR count). The zero-order valence-corrected chi connectivity index (χ0v) is 10.9. The molecule has 0 bridgehead atoms. The zero-order chi connectivity index (χ0) is 12.1. The van der Waals surface area contributed by atoms with Crippen molar-refractivity contribution < 1.29 is 4.79 Å². The first-order valence-corrected chi connectivity index (χ1v) is 6.60. The van der Waals surface area contributed by atoms with Crippen LogP contribution in [0.3, 0.4) is 0 Å². The van der Waals surface area contributed by atoms with E-state index in [2.05, 4.69) is 25.7 Å². The van der Waals surface area contributed by atoms with Gasteiger partial charge in [0.15, 0.2) is 0 Å². The Balaban J connectivity index is 2.57. The molecule has 1 unspecified atom stereocenters. The van der Waals surface area contributed by atoms with Crippen molar-refractivity contribution in [2.45, 2.75) is 52.5 Å². The van der Waals surface area contributed by atoms with Crippen LogP contribution in [0.15, 0.2) is 0 Å². The van der Waals surface area contributed by atoms with E-state index in [1.807, 2.05) is 0 Å². The molecule has 2 N–H and O–H groups in total. The van der Waals surface area contributed by atoms with Gasteiger partial charge in [0.2, 0.25) is 5.91 Å². The number of rotatable bonds is 7. The minimum atomic E-state index is 0.0457. The maximum absolute atomic E-state index is 12.3. The van der Waals surface area contributed by atoms with Crippen LogP contribution in [0.4, 0.5) is 0 Å². The van der Waals surface area contributed by atoms with Gasteiger partial charge in [-0.1, -0.05) is 27.2 Å². The summed E-state index contributed by atoms with van der Waals surface area (Å²) in [4.78, 5) is 14.4. The highest BCUT2D eigenvalue weighted by Crippen LogP contribution is 2.29. The van der Waals surface area contributed by atoms with Crippen molar-refractivity contribution in [2.24, 2.45) is 17.6 Å². The molecule has 1 aliphatic rings. The van der Waals surface area contributed by atoms with Crippen molar-refractivity contribution >= 4 is 5.91 Å². The molecule has 1 amide bonds. The smallest absolute Gasteiger partial charge is 0.227 e. The highest BCUT2D eigenvalue weighted by atomic mass is 16.2. The molecule has 16 heavy (non-hydrogen) atoms. The highest BCUT2D eigenvalue weighted by molar-refractivity contribution is 5.79. The Labute approximate surface area is 99.4 Å². The molecule has 0 radical (unpaired) electrons. The third-order valence-corrected chi connectivity index (χ3v) is 3.10. The lowest BCUT2D eigenvalue weighted by atomic mass is 10.0. The van der Waals surface area contributed by atoms with Gasteiger partial charge in [0, 0.05) is 19.1 Å². The summed E-state index contributed by atoms with van der Waals surface area (Å²) in [6, 6.07) is 0.515. The summed E-state index contributed by atoms with van der Waals surface area (Å²) in [5.74, 6) is 0.884. The van der Waals surface area contributed by atoms with Gasteiger partial charge in [0.25, 0.3) is 0 Å². The SMILES string of the molecule is CCCC(CN)C(=O)N(CC(C)C)C1CC1. The van der Waals surface area contributed by atoms with Gasteiger partial charge >= 0.3 is 0 Å². The van der Waals surface area contributed by atoms with Crippen LogP contribution in [0.1, 0.15) is 46.5 Å². The van der Waals surface area contributed by atoms with Gasteiger partial charge in [0.1, 0.15) is 0 Å². The van der Waals surface area contributed by atoms with E-state index in [4.69, 9.17) is 5.73 Å². The lowest BCUT2D eigenvalue weighted by Crippen LogP contribution is -2.42. The van der Waals surface area contributed by atoms with Gasteiger partial charge < -0.3 is 10.6 Å². The van der Waals surface area contributed by atoms with E-state index in [-0.39, 0.29) is 5.92 Å². The fourth-order valence-corrected chi connectivity index (χ4v) is 2.12. The van der Waals surface area contributed by atoms with Crippen LogP contribution in [0.5, 0.6) is 0 Å². The maximum Gasteiger partial charge on any atom is 0.227 e. The van der Waals surface area contributed by atoms with Crippen LogP contribution in [-0.4, -0.2) is 29.9 Å². The molecule has 0 spiro atoms. The quantitative estimate of drug-likeness (QED) is 0.722. The molecule has 0 heterocycles. The molecule has 0 aromatic carbocycles. The van der Waals surface area contributed by atoms with Crippen LogP contribution in [-0.2, 0) is 4.79 Å². The van der Waals surface area contributed by atoms with E-state index in [1.165, 1.54) is 12.8 Å². The van der Waals surface area contributed by atoms with Crippen molar-refractivity contribution in [1.29, 1.82) is 0 Å². The minimum absolute atomic E-state index is 0.0457. The van der Waals surface area contributed by atoms with Crippen molar-refractivity contribution in [2.75, 3.05) is 13.1 Å². The maximum atomic E-state index is 12.3. The summed E-state index contributed by atoms with van der Waals surface area (Å²) in [5, 5.41) is 0. The Bertz CT molecular complexity index is 224. The second-order valence-electron chi connectivity index (χ2n) is 5.34. The average molecular weight is 226 g/mol. The van der Waals surface area contributed by atoms with Gasteiger partial charge in [-0.15, -0.1) is 0 Å². The number of amides is 1. The Morgan fingerprint density at radius 3 is 2.44 bits per heavy atom. The number of carbonyl (C=O) groups excluding carboxylic acids is 1. The van der Waals surface area contributed by atoms with Crippen LogP contribution >= 0.6 is 0 Å². The fraction of sp³-hybridized carbons (Fsp3) is 0.923. The molecule has 1 fully saturated rings. The summed E-state index contributed by atoms with van der Waals surface area (Å²) < 4.78 is 0. The number of hydrogen-bond acceptors (Lipinski definition) is 2. The van der Waals surface area contributed by atoms with Crippen molar-refractivity contribution in [1.82, 2.24) is 4.90 Å². The third-order valence-electron chi connectivity index (χ3n) is 3.10. The molecule has 1 saturated carbocycles. The van der Waals surface area contributed by atoms with E-state index in [9.17, 15) is 4.79 Å². The van der Waals surface area contributed by atoms with Crippen molar-refractivity contribution in [3.05, 3.63) is 0 Å². The van der Waals surface area contributed by atoms with Gasteiger partial charge in [-0.3, -0.25) is 4.79 Å². The predicted octanol–water partition coefficient (Wildman–Crippen LogP) is 2.01. The molecule has 94 valence electrons. The summed E-state index contributed by atoms with van der Waals surface area (Å²) in [6.07, 6.45) is 4.33. The molecule has 0 saturated heterocycles. The standard InChI is InChI=1S/C13H26N2O/c1-4-5-11(8-14)13(16)15(9-10(2)3)12-6-7-12/h10-12H,4-9,14H2,1-3H3. The lowest BCUT2D eigenvalue weighted by molar-refractivity contribution is -0.136. The topological polar surface area (TPSA) is 46.3 Å². The highest BCUT2D eigenvalue weighted by Gasteiger charge is 2.35. The summed E-state index contributed by atoms with van der Waals surface area (Å²) in [6.45, 7) is 7.83. The number of hydrogen-bond donors (Lipinski definition) is 1. The van der Waals surface area contributed by atoms with E-state index in [0.717, 1.165) is 19.4 Å². The molecule has 3 heteroatoms. The van der Waals surface area contributed by atoms with E-state index in [1.54, 1.807) is 0 Å². The minimum Gasteiger partial charge on any atom is -0.339 e. The molecule has 0 aromatic rings. The molecule has 3 nitrogen and oxygen atoms in total. The molecule has 0 aliphatic heterocycles. The summed E-state index contributed by atoms with van der Waals surface area (Å²) in [7, 11) is 0. The molecule has 1 aliphatic carbocycles. The zero-order valence-electron chi connectivity index (χ0n) is 10.9. The van der Waals surface area contributed by atoms with E-state index in [0.29, 0.717) is 24.4 Å². The Morgan fingerprint density at radius 1 is 1.44 bits per heavy atom. The van der Waals surface area contributed by atoms with Gasteiger partial charge in [0.05, 0.1) is 5.92 Å². The average Bonchev–Trinajstić information content (AvgIpc) is 3.05. The molecule has 1 atom stereocenters. The Morgan fingerprint density at radius 2 is 2.06 bits per heavy atom. The monoisotopic (exact) mass is 226 g/mol. The number of nitrogens with zero attached hydrogens (tertiary/aromatic N) is 1. The molecular weight excluding hydrogens is 200 g/mol. The Hall–Kier alpha value is -0.570. The van der Waals surface area contributed by atoms with Crippen LogP contribution in [0.2, 0.25) is 0 Å². The second-order valence-corrected chi connectivity index (χ2v) is 5.34. The second kappa shape index (κ2) is 6.24. The summed E-state index contributed by atoms with van der Waals surface area (Å²) >= 11 is 0. The van der Waals surface area contributed by atoms with Crippen molar-refractivity contribution in [3.8, 4) is 0 Å². The third kappa shape index (κ3) is 3.78. The predicted molar refractivity (Wildman–Crippen MR) is 67.0 cm³/mol. The van der Waals surface area contributed by atoms with Crippen LogP contribution in [0, 0.1) is 11.8 Å². The van der Waals surface area contributed by atoms with Gasteiger partial charge in [-0.05, 0) is 25.2 Å². The first-order chi connectivity index (χ1) is 7.60. The number of nitrogens with two attached hydrogens (primary N) is 1.